The molecule has 1 aliphatic rings. The summed E-state index contributed by atoms with van der Waals surface area (Å²) in [6, 6.07) is 21.2. The molecule has 2 aromatic heterocycles. The number of hydrogen-bond donors (Lipinski definition) is 0. The van der Waals surface area contributed by atoms with Gasteiger partial charge in [0.25, 0.3) is 0 Å². The van der Waals surface area contributed by atoms with Gasteiger partial charge in [-0.25, -0.2) is 4.98 Å². The molecule has 0 spiro atoms. The number of fused-ring (bicyclic) bond motifs is 1. The standard InChI is InChI=1S/C27H26ClN3O2/c1-19(32)31(22-9-3-2-4-10-22)27-26(29-25-12-5-6-17-30(25)27)20-8-7-11-24(18-20)33-23-15-13-21(28)14-16-23/h5-8,11-18,22H,2-4,9-10H2,1H3. The first-order valence-corrected chi connectivity index (χ1v) is 11.8. The van der Waals surface area contributed by atoms with E-state index in [1.54, 1.807) is 19.1 Å². The molecule has 0 N–H and O–H groups in total. The molecule has 168 valence electrons. The van der Waals surface area contributed by atoms with E-state index in [2.05, 4.69) is 0 Å². The number of benzene rings is 2. The molecule has 33 heavy (non-hydrogen) atoms. The summed E-state index contributed by atoms with van der Waals surface area (Å²) in [6.07, 6.45) is 7.52. The fourth-order valence-electron chi connectivity index (χ4n) is 4.67. The highest BCUT2D eigenvalue weighted by Gasteiger charge is 2.30. The van der Waals surface area contributed by atoms with E-state index in [4.69, 9.17) is 21.3 Å². The molecule has 1 aliphatic carbocycles. The normalized spacial score (nSPS) is 14.4. The van der Waals surface area contributed by atoms with Crippen LogP contribution in [0.2, 0.25) is 5.02 Å². The zero-order valence-electron chi connectivity index (χ0n) is 18.6. The predicted octanol–water partition coefficient (Wildman–Crippen LogP) is 7.13. The van der Waals surface area contributed by atoms with E-state index in [1.165, 1.54) is 6.42 Å². The lowest BCUT2D eigenvalue weighted by Gasteiger charge is -2.33. The molecule has 2 heterocycles. The van der Waals surface area contributed by atoms with E-state index in [0.717, 1.165) is 48.4 Å². The molecular formula is C27H26ClN3O2. The summed E-state index contributed by atoms with van der Waals surface area (Å²) in [5.41, 5.74) is 2.50. The van der Waals surface area contributed by atoms with Crippen LogP contribution in [0.1, 0.15) is 39.0 Å². The first-order chi connectivity index (χ1) is 16.1. The SMILES string of the molecule is CC(=O)N(c1c(-c2cccc(Oc3ccc(Cl)cc3)c2)nc2ccccn12)C1CCCCC1. The Balaban J connectivity index is 1.60. The Labute approximate surface area is 198 Å². The topological polar surface area (TPSA) is 46.8 Å². The van der Waals surface area contributed by atoms with Crippen LogP contribution in [-0.4, -0.2) is 21.3 Å². The molecule has 0 bridgehead atoms. The quantitative estimate of drug-likeness (QED) is 0.319. The maximum atomic E-state index is 13.0. The second kappa shape index (κ2) is 9.28. The number of aromatic nitrogens is 2. The average Bonchev–Trinajstić information content (AvgIpc) is 3.21. The summed E-state index contributed by atoms with van der Waals surface area (Å²) in [7, 11) is 0. The molecule has 6 heteroatoms. The highest BCUT2D eigenvalue weighted by Crippen LogP contribution is 2.37. The van der Waals surface area contributed by atoms with Crippen molar-refractivity contribution in [2.75, 3.05) is 4.90 Å². The first-order valence-electron chi connectivity index (χ1n) is 11.4. The van der Waals surface area contributed by atoms with Crippen LogP contribution in [0, 0.1) is 0 Å². The maximum Gasteiger partial charge on any atom is 0.225 e. The number of imidazole rings is 1. The van der Waals surface area contributed by atoms with Crippen molar-refractivity contribution in [1.82, 2.24) is 9.38 Å². The molecule has 4 aromatic rings. The van der Waals surface area contributed by atoms with Crippen LogP contribution in [-0.2, 0) is 4.79 Å². The molecule has 5 nitrogen and oxygen atoms in total. The van der Waals surface area contributed by atoms with E-state index in [9.17, 15) is 4.79 Å². The van der Waals surface area contributed by atoms with Gasteiger partial charge in [-0.05, 0) is 61.4 Å². The van der Waals surface area contributed by atoms with Crippen molar-refractivity contribution in [2.24, 2.45) is 0 Å². The first kappa shape index (κ1) is 21.5. The van der Waals surface area contributed by atoms with Crippen LogP contribution in [0.3, 0.4) is 0 Å². The lowest BCUT2D eigenvalue weighted by atomic mass is 9.94. The fourth-order valence-corrected chi connectivity index (χ4v) is 4.80. The lowest BCUT2D eigenvalue weighted by Crippen LogP contribution is -2.41. The third-order valence-corrected chi connectivity index (χ3v) is 6.42. The summed E-state index contributed by atoms with van der Waals surface area (Å²) in [4.78, 5) is 19.9. The number of rotatable bonds is 5. The molecular weight excluding hydrogens is 434 g/mol. The number of hydrogen-bond acceptors (Lipinski definition) is 3. The maximum absolute atomic E-state index is 13.0. The monoisotopic (exact) mass is 459 g/mol. The Morgan fingerprint density at radius 3 is 2.55 bits per heavy atom. The van der Waals surface area contributed by atoms with Gasteiger partial charge >= 0.3 is 0 Å². The van der Waals surface area contributed by atoms with Crippen molar-refractivity contribution in [3.8, 4) is 22.8 Å². The third kappa shape index (κ3) is 4.46. The van der Waals surface area contributed by atoms with Gasteiger partial charge in [-0.1, -0.05) is 49.1 Å². The van der Waals surface area contributed by atoms with Gasteiger partial charge in [-0.3, -0.25) is 14.1 Å². The average molecular weight is 460 g/mol. The van der Waals surface area contributed by atoms with Crippen LogP contribution in [0.4, 0.5) is 5.82 Å². The molecule has 0 unspecified atom stereocenters. The van der Waals surface area contributed by atoms with Crippen molar-refractivity contribution in [3.63, 3.8) is 0 Å². The number of nitrogens with zero attached hydrogens (tertiary/aromatic N) is 3. The fraction of sp³-hybridized carbons (Fsp3) is 0.259. The Bertz CT molecular complexity index is 1280. The third-order valence-electron chi connectivity index (χ3n) is 6.17. The molecule has 0 atom stereocenters. The lowest BCUT2D eigenvalue weighted by molar-refractivity contribution is -0.117. The van der Waals surface area contributed by atoms with Gasteiger partial charge < -0.3 is 4.74 Å². The van der Waals surface area contributed by atoms with Crippen molar-refractivity contribution in [3.05, 3.63) is 77.9 Å². The number of amides is 1. The highest BCUT2D eigenvalue weighted by molar-refractivity contribution is 6.30. The van der Waals surface area contributed by atoms with E-state index in [0.29, 0.717) is 16.5 Å². The van der Waals surface area contributed by atoms with Crippen LogP contribution >= 0.6 is 11.6 Å². The van der Waals surface area contributed by atoms with Crippen LogP contribution in [0.15, 0.2) is 72.9 Å². The Morgan fingerprint density at radius 1 is 1.00 bits per heavy atom. The number of halogens is 1. The van der Waals surface area contributed by atoms with Crippen molar-refractivity contribution in [1.29, 1.82) is 0 Å². The Kier molecular flexibility index (Phi) is 6.05. The summed E-state index contributed by atoms with van der Waals surface area (Å²) < 4.78 is 8.09. The smallest absolute Gasteiger partial charge is 0.225 e. The molecule has 2 aromatic carbocycles. The van der Waals surface area contributed by atoms with Gasteiger partial charge in [0.05, 0.1) is 0 Å². The number of ether oxygens (including phenoxy) is 1. The number of carbonyl (C=O) groups is 1. The highest BCUT2D eigenvalue weighted by atomic mass is 35.5. The second-order valence-electron chi connectivity index (χ2n) is 8.48. The van der Waals surface area contributed by atoms with Gasteiger partial charge in [-0.15, -0.1) is 0 Å². The molecule has 5 rings (SSSR count). The Hall–Kier alpha value is -3.31. The molecule has 0 radical (unpaired) electrons. The van der Waals surface area contributed by atoms with Gasteiger partial charge in [-0.2, -0.15) is 0 Å². The molecule has 1 saturated carbocycles. The second-order valence-corrected chi connectivity index (χ2v) is 8.91. The Morgan fingerprint density at radius 2 is 1.79 bits per heavy atom. The summed E-state index contributed by atoms with van der Waals surface area (Å²) in [5, 5.41) is 0.664. The van der Waals surface area contributed by atoms with E-state index >= 15 is 0 Å². The van der Waals surface area contributed by atoms with Gasteiger partial charge in [0.1, 0.15) is 28.7 Å². The minimum atomic E-state index is 0.0439. The van der Waals surface area contributed by atoms with Gasteiger partial charge in [0, 0.05) is 29.7 Å². The summed E-state index contributed by atoms with van der Waals surface area (Å²) >= 11 is 6.00. The minimum Gasteiger partial charge on any atom is -0.457 e. The zero-order valence-corrected chi connectivity index (χ0v) is 19.3. The van der Waals surface area contributed by atoms with Crippen LogP contribution in [0.25, 0.3) is 16.9 Å². The molecule has 0 saturated heterocycles. The van der Waals surface area contributed by atoms with E-state index < -0.39 is 0 Å². The van der Waals surface area contributed by atoms with Crippen molar-refractivity contribution in [2.45, 2.75) is 45.1 Å². The predicted molar refractivity (Wildman–Crippen MR) is 132 cm³/mol. The molecule has 1 fully saturated rings. The summed E-state index contributed by atoms with van der Waals surface area (Å²) in [5.74, 6) is 2.28. The van der Waals surface area contributed by atoms with Crippen molar-refractivity contribution < 1.29 is 9.53 Å². The summed E-state index contributed by atoms with van der Waals surface area (Å²) in [6.45, 7) is 1.65. The number of anilines is 1. The number of carbonyl (C=O) groups excluding carboxylic acids is 1. The van der Waals surface area contributed by atoms with Gasteiger partial charge in [0.2, 0.25) is 5.91 Å². The van der Waals surface area contributed by atoms with Crippen LogP contribution < -0.4 is 9.64 Å². The van der Waals surface area contributed by atoms with Crippen LogP contribution in [0.5, 0.6) is 11.5 Å². The van der Waals surface area contributed by atoms with E-state index in [1.807, 2.05) is 70.1 Å². The largest absolute Gasteiger partial charge is 0.457 e. The number of pyridine rings is 1. The molecule has 0 aliphatic heterocycles. The minimum absolute atomic E-state index is 0.0439. The van der Waals surface area contributed by atoms with Gasteiger partial charge in [0.15, 0.2) is 0 Å². The van der Waals surface area contributed by atoms with E-state index in [-0.39, 0.29) is 11.9 Å². The zero-order chi connectivity index (χ0) is 22.8. The van der Waals surface area contributed by atoms with Crippen molar-refractivity contribution >= 4 is 29.0 Å². The molecule has 1 amide bonds.